The Morgan fingerprint density at radius 1 is 1.37 bits per heavy atom. The molecule has 7 heteroatoms. The fourth-order valence-corrected chi connectivity index (χ4v) is 3.60. The number of halogens is 1. The second kappa shape index (κ2) is 8.48. The molecule has 0 bridgehead atoms. The summed E-state index contributed by atoms with van der Waals surface area (Å²) in [4.78, 5) is 20.9. The zero-order valence-corrected chi connectivity index (χ0v) is 16.6. The highest BCUT2D eigenvalue weighted by molar-refractivity contribution is 6.33. The monoisotopic (exact) mass is 388 g/mol. The maximum absolute atomic E-state index is 12.8. The van der Waals surface area contributed by atoms with Crippen molar-refractivity contribution in [2.45, 2.75) is 25.9 Å². The molecule has 2 aromatic rings. The van der Waals surface area contributed by atoms with Crippen molar-refractivity contribution in [3.8, 4) is 5.75 Å². The molecule has 27 heavy (non-hydrogen) atoms. The summed E-state index contributed by atoms with van der Waals surface area (Å²) in [7, 11) is 1.64. The number of hydrogen-bond donors (Lipinski definition) is 1. The van der Waals surface area contributed by atoms with Gasteiger partial charge in [-0.15, -0.1) is 0 Å². The number of rotatable bonds is 4. The number of aromatic nitrogens is 1. The van der Waals surface area contributed by atoms with Crippen molar-refractivity contribution >= 4 is 23.3 Å². The van der Waals surface area contributed by atoms with Crippen molar-refractivity contribution in [2.75, 3.05) is 31.6 Å². The summed E-state index contributed by atoms with van der Waals surface area (Å²) < 4.78 is 5.26. The highest BCUT2D eigenvalue weighted by atomic mass is 35.5. The molecule has 0 unspecified atom stereocenters. The van der Waals surface area contributed by atoms with Crippen molar-refractivity contribution < 1.29 is 9.53 Å². The van der Waals surface area contributed by atoms with E-state index in [-0.39, 0.29) is 18.1 Å². The third-order valence-corrected chi connectivity index (χ3v) is 5.21. The second-order valence-electron chi connectivity index (χ2n) is 6.76. The molecule has 0 aliphatic carbocycles. The number of hydrogen-bond acceptors (Lipinski definition) is 4. The SMILES string of the molecule is COc1cccc([C@@H](C)NC(=O)N2CCN(c3ccncc3Cl)C[C@H]2C)c1. The standard InChI is InChI=1S/C20H25ClN4O2/c1-14-13-24(19-7-8-22-12-18(19)21)9-10-25(14)20(26)23-15(2)16-5-4-6-17(11-16)27-3/h4-8,11-12,14-15H,9-10,13H2,1-3H3,(H,23,26)/t14-,15-/m1/s1. The Morgan fingerprint density at radius 2 is 2.19 bits per heavy atom. The van der Waals surface area contributed by atoms with E-state index in [1.807, 2.05) is 42.2 Å². The van der Waals surface area contributed by atoms with Crippen LogP contribution in [-0.4, -0.2) is 48.7 Å². The molecule has 1 aliphatic heterocycles. The minimum atomic E-state index is -0.104. The van der Waals surface area contributed by atoms with Crippen molar-refractivity contribution in [1.29, 1.82) is 0 Å². The van der Waals surface area contributed by atoms with Crippen molar-refractivity contribution in [2.24, 2.45) is 0 Å². The quantitative estimate of drug-likeness (QED) is 0.867. The van der Waals surface area contributed by atoms with Crippen LogP contribution in [0.3, 0.4) is 0 Å². The van der Waals surface area contributed by atoms with Gasteiger partial charge in [-0.05, 0) is 37.6 Å². The van der Waals surface area contributed by atoms with Crippen LogP contribution in [0, 0.1) is 0 Å². The van der Waals surface area contributed by atoms with E-state index >= 15 is 0 Å². The van der Waals surface area contributed by atoms with Gasteiger partial charge in [-0.1, -0.05) is 23.7 Å². The zero-order valence-electron chi connectivity index (χ0n) is 15.9. The number of ether oxygens (including phenoxy) is 1. The van der Waals surface area contributed by atoms with E-state index in [9.17, 15) is 4.79 Å². The summed E-state index contributed by atoms with van der Waals surface area (Å²) in [6, 6.07) is 9.57. The fraction of sp³-hybridized carbons (Fsp3) is 0.400. The number of urea groups is 1. The van der Waals surface area contributed by atoms with Crippen LogP contribution in [0.15, 0.2) is 42.7 Å². The van der Waals surface area contributed by atoms with Gasteiger partial charge < -0.3 is 19.9 Å². The summed E-state index contributed by atoms with van der Waals surface area (Å²) in [5, 5.41) is 3.72. The molecule has 2 heterocycles. The largest absolute Gasteiger partial charge is 0.497 e. The molecule has 144 valence electrons. The molecule has 0 saturated carbocycles. The summed E-state index contributed by atoms with van der Waals surface area (Å²) in [5.41, 5.74) is 1.97. The molecule has 6 nitrogen and oxygen atoms in total. The van der Waals surface area contributed by atoms with E-state index in [1.165, 1.54) is 0 Å². The van der Waals surface area contributed by atoms with Crippen LogP contribution in [0.25, 0.3) is 0 Å². The molecular weight excluding hydrogens is 364 g/mol. The highest BCUT2D eigenvalue weighted by Gasteiger charge is 2.29. The molecule has 1 N–H and O–H groups in total. The smallest absolute Gasteiger partial charge is 0.318 e. The number of nitrogens with zero attached hydrogens (tertiary/aromatic N) is 3. The lowest BCUT2D eigenvalue weighted by Gasteiger charge is -2.41. The van der Waals surface area contributed by atoms with Gasteiger partial charge in [-0.25, -0.2) is 4.79 Å². The molecule has 0 spiro atoms. The van der Waals surface area contributed by atoms with Crippen LogP contribution in [-0.2, 0) is 0 Å². The molecule has 2 amide bonds. The Hall–Kier alpha value is -2.47. The first kappa shape index (κ1) is 19.3. The third-order valence-electron chi connectivity index (χ3n) is 4.91. The van der Waals surface area contributed by atoms with Crippen LogP contribution >= 0.6 is 11.6 Å². The minimum absolute atomic E-state index is 0.0571. The van der Waals surface area contributed by atoms with E-state index in [2.05, 4.69) is 22.1 Å². The summed E-state index contributed by atoms with van der Waals surface area (Å²) in [6.07, 6.45) is 3.39. The first-order valence-electron chi connectivity index (χ1n) is 9.05. The van der Waals surface area contributed by atoms with E-state index < -0.39 is 0 Å². The average Bonchev–Trinajstić information content (AvgIpc) is 2.68. The Balaban J connectivity index is 1.62. The molecular formula is C20H25ClN4O2. The first-order chi connectivity index (χ1) is 13.0. The number of nitrogens with one attached hydrogen (secondary N) is 1. The lowest BCUT2D eigenvalue weighted by molar-refractivity contribution is 0.168. The lowest BCUT2D eigenvalue weighted by atomic mass is 10.1. The van der Waals surface area contributed by atoms with Gasteiger partial charge in [-0.3, -0.25) is 4.98 Å². The molecule has 1 aliphatic rings. The minimum Gasteiger partial charge on any atom is -0.497 e. The number of anilines is 1. The van der Waals surface area contributed by atoms with Crippen LogP contribution in [0.2, 0.25) is 5.02 Å². The molecule has 1 saturated heterocycles. The van der Waals surface area contributed by atoms with Gasteiger partial charge in [0.1, 0.15) is 5.75 Å². The van der Waals surface area contributed by atoms with Gasteiger partial charge in [0.15, 0.2) is 0 Å². The van der Waals surface area contributed by atoms with E-state index in [1.54, 1.807) is 19.5 Å². The van der Waals surface area contributed by atoms with Crippen molar-refractivity contribution in [3.63, 3.8) is 0 Å². The predicted molar refractivity (Wildman–Crippen MR) is 108 cm³/mol. The number of amides is 2. The topological polar surface area (TPSA) is 57.7 Å². The van der Waals surface area contributed by atoms with Gasteiger partial charge in [0.2, 0.25) is 0 Å². The maximum Gasteiger partial charge on any atom is 0.318 e. The third kappa shape index (κ3) is 4.45. The number of methoxy groups -OCH3 is 1. The average molecular weight is 389 g/mol. The molecule has 0 radical (unpaired) electrons. The Labute approximate surface area is 165 Å². The summed E-state index contributed by atoms with van der Waals surface area (Å²) in [6.45, 7) is 6.12. The van der Waals surface area contributed by atoms with Gasteiger partial charge in [0.25, 0.3) is 0 Å². The van der Waals surface area contributed by atoms with Gasteiger partial charge in [0.05, 0.1) is 23.9 Å². The lowest BCUT2D eigenvalue weighted by Crippen LogP contribution is -2.56. The zero-order chi connectivity index (χ0) is 19.4. The predicted octanol–water partition coefficient (Wildman–Crippen LogP) is 3.72. The van der Waals surface area contributed by atoms with Crippen LogP contribution in [0.1, 0.15) is 25.5 Å². The second-order valence-corrected chi connectivity index (χ2v) is 7.17. The van der Waals surface area contributed by atoms with Crippen LogP contribution in [0.5, 0.6) is 5.75 Å². The molecule has 2 atom stereocenters. The van der Waals surface area contributed by atoms with E-state index in [0.29, 0.717) is 11.6 Å². The molecule has 1 aromatic carbocycles. The van der Waals surface area contributed by atoms with Crippen molar-refractivity contribution in [1.82, 2.24) is 15.2 Å². The summed E-state index contributed by atoms with van der Waals surface area (Å²) in [5.74, 6) is 0.782. The fourth-order valence-electron chi connectivity index (χ4n) is 3.36. The molecule has 1 aromatic heterocycles. The van der Waals surface area contributed by atoms with E-state index in [0.717, 1.165) is 30.1 Å². The van der Waals surface area contributed by atoms with Crippen molar-refractivity contribution in [3.05, 3.63) is 53.3 Å². The number of pyridine rings is 1. The maximum atomic E-state index is 12.8. The highest BCUT2D eigenvalue weighted by Crippen LogP contribution is 2.27. The number of piperazine rings is 1. The summed E-state index contributed by atoms with van der Waals surface area (Å²) >= 11 is 6.26. The van der Waals surface area contributed by atoms with Crippen LogP contribution < -0.4 is 15.0 Å². The first-order valence-corrected chi connectivity index (χ1v) is 9.43. The number of benzene rings is 1. The Bertz CT molecular complexity index is 801. The van der Waals surface area contributed by atoms with Gasteiger partial charge in [-0.2, -0.15) is 0 Å². The number of carbonyl (C=O) groups excluding carboxylic acids is 1. The molecule has 1 fully saturated rings. The van der Waals surface area contributed by atoms with Crippen LogP contribution in [0.4, 0.5) is 10.5 Å². The number of carbonyl (C=O) groups is 1. The van der Waals surface area contributed by atoms with E-state index in [4.69, 9.17) is 16.3 Å². The van der Waals surface area contributed by atoms with Gasteiger partial charge in [0, 0.05) is 38.1 Å². The Morgan fingerprint density at radius 3 is 2.89 bits per heavy atom. The Kier molecular flexibility index (Phi) is 6.06. The molecule has 3 rings (SSSR count). The normalized spacial score (nSPS) is 18.1. The van der Waals surface area contributed by atoms with Gasteiger partial charge >= 0.3 is 6.03 Å².